The van der Waals surface area contributed by atoms with Crippen LogP contribution in [0.15, 0.2) is 29.2 Å². The highest BCUT2D eigenvalue weighted by Gasteiger charge is 2.22. The molecule has 1 aromatic rings. The fourth-order valence-electron chi connectivity index (χ4n) is 1.88. The number of carbonyl (C=O) groups excluding carboxylic acids is 1. The summed E-state index contributed by atoms with van der Waals surface area (Å²) in [4.78, 5) is 13.0. The quantitative estimate of drug-likeness (QED) is 0.790. The molecule has 16 heavy (non-hydrogen) atoms. The molecule has 1 amide bonds. The minimum Gasteiger partial charge on any atom is -0.324 e. The summed E-state index contributed by atoms with van der Waals surface area (Å²) in [6.07, 6.45) is 4.04. The Morgan fingerprint density at radius 2 is 2.31 bits per heavy atom. The molecule has 1 fully saturated rings. The van der Waals surface area contributed by atoms with Crippen molar-refractivity contribution in [2.24, 2.45) is 0 Å². The van der Waals surface area contributed by atoms with E-state index in [1.165, 1.54) is 0 Å². The fraction of sp³-hybridized carbons (Fsp3) is 0.417. The summed E-state index contributed by atoms with van der Waals surface area (Å²) < 4.78 is 0. The van der Waals surface area contributed by atoms with Crippen LogP contribution in [0.25, 0.3) is 0 Å². The zero-order valence-corrected chi connectivity index (χ0v) is 10.1. The lowest BCUT2D eigenvalue weighted by molar-refractivity contribution is -0.117. The molecule has 0 bridgehead atoms. The van der Waals surface area contributed by atoms with E-state index in [-0.39, 0.29) is 11.9 Å². The van der Waals surface area contributed by atoms with Gasteiger partial charge in [0.25, 0.3) is 0 Å². The van der Waals surface area contributed by atoms with Crippen LogP contribution in [0.5, 0.6) is 0 Å². The number of benzene rings is 1. The summed E-state index contributed by atoms with van der Waals surface area (Å²) in [6.45, 7) is 0.947. The van der Waals surface area contributed by atoms with Crippen molar-refractivity contribution < 1.29 is 4.79 Å². The number of hydrogen-bond donors (Lipinski definition) is 2. The largest absolute Gasteiger partial charge is 0.324 e. The molecule has 3 nitrogen and oxygen atoms in total. The van der Waals surface area contributed by atoms with Gasteiger partial charge >= 0.3 is 0 Å². The van der Waals surface area contributed by atoms with Gasteiger partial charge in [-0.1, -0.05) is 12.1 Å². The summed E-state index contributed by atoms with van der Waals surface area (Å²) in [6, 6.07) is 7.86. The highest BCUT2D eigenvalue weighted by Crippen LogP contribution is 2.25. The minimum atomic E-state index is -0.0186. The van der Waals surface area contributed by atoms with E-state index in [9.17, 15) is 4.79 Å². The summed E-state index contributed by atoms with van der Waals surface area (Å²) in [5, 5.41) is 6.18. The van der Waals surface area contributed by atoms with Gasteiger partial charge in [-0.15, -0.1) is 11.8 Å². The summed E-state index contributed by atoms with van der Waals surface area (Å²) >= 11 is 1.64. The molecule has 1 aromatic carbocycles. The van der Waals surface area contributed by atoms with Crippen molar-refractivity contribution in [2.45, 2.75) is 23.8 Å². The average Bonchev–Trinajstić information content (AvgIpc) is 2.83. The highest BCUT2D eigenvalue weighted by molar-refractivity contribution is 7.98. The predicted octanol–water partition coefficient (Wildman–Crippen LogP) is 2.10. The minimum absolute atomic E-state index is 0.0186. The topological polar surface area (TPSA) is 41.1 Å². The molecule has 0 saturated carbocycles. The lowest BCUT2D eigenvalue weighted by Crippen LogP contribution is -2.35. The molecule has 1 heterocycles. The first-order chi connectivity index (χ1) is 7.81. The fourth-order valence-corrected chi connectivity index (χ4v) is 2.43. The molecule has 86 valence electrons. The second-order valence-corrected chi connectivity index (χ2v) is 4.69. The van der Waals surface area contributed by atoms with Crippen LogP contribution in [0.1, 0.15) is 12.8 Å². The normalized spacial score (nSPS) is 19.7. The van der Waals surface area contributed by atoms with E-state index in [4.69, 9.17) is 0 Å². The van der Waals surface area contributed by atoms with Crippen LogP contribution in [-0.4, -0.2) is 24.7 Å². The van der Waals surface area contributed by atoms with Crippen LogP contribution in [0.4, 0.5) is 5.69 Å². The van der Waals surface area contributed by atoms with Gasteiger partial charge in [0.1, 0.15) is 0 Å². The van der Waals surface area contributed by atoms with Gasteiger partial charge in [-0.2, -0.15) is 0 Å². The van der Waals surface area contributed by atoms with Gasteiger partial charge in [-0.05, 0) is 37.8 Å². The van der Waals surface area contributed by atoms with Gasteiger partial charge in [-0.25, -0.2) is 0 Å². The molecule has 4 heteroatoms. The Kier molecular flexibility index (Phi) is 3.85. The molecule has 0 aromatic heterocycles. The SMILES string of the molecule is CSc1ccccc1NC(=O)C1CCCN1. The van der Waals surface area contributed by atoms with Gasteiger partial charge in [-0.3, -0.25) is 4.79 Å². The van der Waals surface area contributed by atoms with E-state index >= 15 is 0 Å². The molecule has 1 saturated heterocycles. The van der Waals surface area contributed by atoms with Crippen LogP contribution in [0.2, 0.25) is 0 Å². The van der Waals surface area contributed by atoms with Gasteiger partial charge in [0.05, 0.1) is 11.7 Å². The predicted molar refractivity (Wildman–Crippen MR) is 67.9 cm³/mol. The Bertz CT molecular complexity index is 375. The van der Waals surface area contributed by atoms with Crippen molar-refractivity contribution in [2.75, 3.05) is 18.1 Å². The Hall–Kier alpha value is -1.00. The molecule has 1 unspecified atom stereocenters. The number of nitrogens with one attached hydrogen (secondary N) is 2. The van der Waals surface area contributed by atoms with Crippen LogP contribution >= 0.6 is 11.8 Å². The third-order valence-electron chi connectivity index (χ3n) is 2.74. The lowest BCUT2D eigenvalue weighted by atomic mass is 10.2. The molecular formula is C12H16N2OS. The van der Waals surface area contributed by atoms with E-state index < -0.39 is 0 Å². The molecule has 0 spiro atoms. The van der Waals surface area contributed by atoms with Crippen molar-refractivity contribution in [1.29, 1.82) is 0 Å². The second-order valence-electron chi connectivity index (χ2n) is 3.84. The van der Waals surface area contributed by atoms with E-state index in [2.05, 4.69) is 10.6 Å². The monoisotopic (exact) mass is 236 g/mol. The molecule has 2 rings (SSSR count). The molecule has 1 aliphatic heterocycles. The standard InChI is InChI=1S/C12H16N2OS/c1-16-11-7-3-2-5-9(11)14-12(15)10-6-4-8-13-10/h2-3,5,7,10,13H,4,6,8H2,1H3,(H,14,15). The number of anilines is 1. The van der Waals surface area contributed by atoms with Crippen LogP contribution < -0.4 is 10.6 Å². The van der Waals surface area contributed by atoms with E-state index in [1.807, 2.05) is 30.5 Å². The second kappa shape index (κ2) is 5.37. The Morgan fingerprint density at radius 3 is 3.00 bits per heavy atom. The maximum absolute atomic E-state index is 11.9. The van der Waals surface area contributed by atoms with Crippen molar-refractivity contribution in [3.63, 3.8) is 0 Å². The molecule has 0 radical (unpaired) electrons. The zero-order valence-electron chi connectivity index (χ0n) is 9.32. The first-order valence-electron chi connectivity index (χ1n) is 5.48. The smallest absolute Gasteiger partial charge is 0.241 e. The van der Waals surface area contributed by atoms with Gasteiger partial charge in [0.2, 0.25) is 5.91 Å². The summed E-state index contributed by atoms with van der Waals surface area (Å²) in [7, 11) is 0. The molecule has 1 aliphatic rings. The first-order valence-corrected chi connectivity index (χ1v) is 6.71. The van der Waals surface area contributed by atoms with Crippen molar-refractivity contribution >= 4 is 23.4 Å². The third kappa shape index (κ3) is 2.57. The lowest BCUT2D eigenvalue weighted by Gasteiger charge is -2.13. The average molecular weight is 236 g/mol. The molecule has 2 N–H and O–H groups in total. The third-order valence-corrected chi connectivity index (χ3v) is 3.54. The van der Waals surface area contributed by atoms with E-state index in [0.717, 1.165) is 30.0 Å². The van der Waals surface area contributed by atoms with Crippen molar-refractivity contribution in [1.82, 2.24) is 5.32 Å². The Labute approximate surface area is 100.0 Å². The van der Waals surface area contributed by atoms with E-state index in [0.29, 0.717) is 0 Å². The number of rotatable bonds is 3. The van der Waals surface area contributed by atoms with E-state index in [1.54, 1.807) is 11.8 Å². The maximum atomic E-state index is 11.9. The Balaban J connectivity index is 2.05. The van der Waals surface area contributed by atoms with Gasteiger partial charge in [0.15, 0.2) is 0 Å². The Morgan fingerprint density at radius 1 is 1.50 bits per heavy atom. The molecular weight excluding hydrogens is 220 g/mol. The van der Waals surface area contributed by atoms with Crippen LogP contribution in [0, 0.1) is 0 Å². The zero-order chi connectivity index (χ0) is 11.4. The molecule has 1 atom stereocenters. The number of amides is 1. The van der Waals surface area contributed by atoms with Crippen molar-refractivity contribution in [3.8, 4) is 0 Å². The number of hydrogen-bond acceptors (Lipinski definition) is 3. The number of para-hydroxylation sites is 1. The maximum Gasteiger partial charge on any atom is 0.241 e. The number of carbonyl (C=O) groups is 1. The highest BCUT2D eigenvalue weighted by atomic mass is 32.2. The summed E-state index contributed by atoms with van der Waals surface area (Å²) in [5.74, 6) is 0.0824. The van der Waals surface area contributed by atoms with Crippen LogP contribution in [-0.2, 0) is 4.79 Å². The number of thioether (sulfide) groups is 1. The first kappa shape index (κ1) is 11.5. The van der Waals surface area contributed by atoms with Gasteiger partial charge < -0.3 is 10.6 Å². The van der Waals surface area contributed by atoms with Crippen LogP contribution in [0.3, 0.4) is 0 Å². The molecule has 0 aliphatic carbocycles. The summed E-state index contributed by atoms with van der Waals surface area (Å²) in [5.41, 5.74) is 0.911. The van der Waals surface area contributed by atoms with Crippen molar-refractivity contribution in [3.05, 3.63) is 24.3 Å². The van der Waals surface area contributed by atoms with Gasteiger partial charge in [0, 0.05) is 4.90 Å².